The van der Waals surface area contributed by atoms with Gasteiger partial charge in [-0.05, 0) is 24.5 Å². The minimum Gasteiger partial charge on any atom is -0.372 e. The van der Waals surface area contributed by atoms with Crippen LogP contribution in [-0.2, 0) is 10.6 Å². The highest BCUT2D eigenvalue weighted by atomic mass is 35.5. The number of ether oxygens (including phenoxy) is 1. The van der Waals surface area contributed by atoms with Crippen molar-refractivity contribution in [1.29, 1.82) is 0 Å². The highest BCUT2D eigenvalue weighted by molar-refractivity contribution is 6.17. The second-order valence-corrected chi connectivity index (χ2v) is 3.49. The first-order valence-corrected chi connectivity index (χ1v) is 5.06. The third kappa shape index (κ3) is 2.01. The van der Waals surface area contributed by atoms with Crippen molar-refractivity contribution < 1.29 is 4.74 Å². The first-order chi connectivity index (χ1) is 6.40. The third-order valence-electron chi connectivity index (χ3n) is 2.26. The molecule has 1 aromatic heterocycles. The summed E-state index contributed by atoms with van der Waals surface area (Å²) in [6, 6.07) is 4.02. The number of rotatable bonds is 2. The van der Waals surface area contributed by atoms with E-state index in [1.54, 1.807) is 0 Å². The third-order valence-corrected chi connectivity index (χ3v) is 2.57. The molecule has 1 unspecified atom stereocenters. The molecule has 0 saturated carbocycles. The molecule has 0 spiro atoms. The SMILES string of the molecule is ClCc1ccc(C2CCCO2)nc1. The summed E-state index contributed by atoms with van der Waals surface area (Å²) in [5.41, 5.74) is 2.09. The van der Waals surface area contributed by atoms with Gasteiger partial charge in [-0.3, -0.25) is 4.98 Å². The topological polar surface area (TPSA) is 22.1 Å². The van der Waals surface area contributed by atoms with Crippen LogP contribution in [0.4, 0.5) is 0 Å². The summed E-state index contributed by atoms with van der Waals surface area (Å²) in [5.74, 6) is 0.527. The molecule has 1 fully saturated rings. The Morgan fingerprint density at radius 3 is 3.00 bits per heavy atom. The average molecular weight is 198 g/mol. The lowest BCUT2D eigenvalue weighted by molar-refractivity contribution is 0.108. The van der Waals surface area contributed by atoms with Crippen LogP contribution in [0.25, 0.3) is 0 Å². The number of pyridine rings is 1. The molecular weight excluding hydrogens is 186 g/mol. The number of alkyl halides is 1. The summed E-state index contributed by atoms with van der Waals surface area (Å²) in [4.78, 5) is 4.32. The molecule has 1 aliphatic heterocycles. The van der Waals surface area contributed by atoms with Crippen molar-refractivity contribution in [3.63, 3.8) is 0 Å². The standard InChI is InChI=1S/C10H12ClNO/c11-6-8-3-4-9(12-7-8)10-2-1-5-13-10/h3-4,7,10H,1-2,5-6H2. The van der Waals surface area contributed by atoms with E-state index < -0.39 is 0 Å². The fourth-order valence-corrected chi connectivity index (χ4v) is 1.67. The van der Waals surface area contributed by atoms with Gasteiger partial charge in [-0.1, -0.05) is 6.07 Å². The molecule has 1 aromatic rings. The van der Waals surface area contributed by atoms with E-state index in [2.05, 4.69) is 4.98 Å². The highest BCUT2D eigenvalue weighted by Gasteiger charge is 2.18. The van der Waals surface area contributed by atoms with Gasteiger partial charge in [-0.2, -0.15) is 0 Å². The predicted molar refractivity (Wildman–Crippen MR) is 51.7 cm³/mol. The largest absolute Gasteiger partial charge is 0.372 e. The monoisotopic (exact) mass is 197 g/mol. The number of halogens is 1. The van der Waals surface area contributed by atoms with Crippen LogP contribution in [-0.4, -0.2) is 11.6 Å². The van der Waals surface area contributed by atoms with Crippen molar-refractivity contribution in [3.8, 4) is 0 Å². The second-order valence-electron chi connectivity index (χ2n) is 3.23. The Balaban J connectivity index is 2.12. The van der Waals surface area contributed by atoms with Crippen LogP contribution >= 0.6 is 11.6 Å². The van der Waals surface area contributed by atoms with Crippen LogP contribution < -0.4 is 0 Å². The van der Waals surface area contributed by atoms with Gasteiger partial charge in [0.2, 0.25) is 0 Å². The summed E-state index contributed by atoms with van der Waals surface area (Å²) < 4.78 is 5.52. The molecule has 70 valence electrons. The molecule has 2 rings (SSSR count). The van der Waals surface area contributed by atoms with Gasteiger partial charge in [-0.25, -0.2) is 0 Å². The summed E-state index contributed by atoms with van der Waals surface area (Å²) in [5, 5.41) is 0. The van der Waals surface area contributed by atoms with E-state index in [0.717, 1.165) is 30.7 Å². The molecular formula is C10H12ClNO. The van der Waals surface area contributed by atoms with Gasteiger partial charge < -0.3 is 4.74 Å². The lowest BCUT2D eigenvalue weighted by Crippen LogP contribution is -1.98. The molecule has 1 saturated heterocycles. The zero-order valence-electron chi connectivity index (χ0n) is 7.37. The molecule has 0 bridgehead atoms. The van der Waals surface area contributed by atoms with Gasteiger partial charge in [0.1, 0.15) is 0 Å². The Labute approximate surface area is 82.9 Å². The Hall–Kier alpha value is -0.600. The van der Waals surface area contributed by atoms with E-state index in [1.807, 2.05) is 18.3 Å². The van der Waals surface area contributed by atoms with E-state index in [-0.39, 0.29) is 6.10 Å². The van der Waals surface area contributed by atoms with E-state index in [1.165, 1.54) is 0 Å². The quantitative estimate of drug-likeness (QED) is 0.681. The van der Waals surface area contributed by atoms with Crippen molar-refractivity contribution in [1.82, 2.24) is 4.98 Å². The van der Waals surface area contributed by atoms with Gasteiger partial charge in [0.25, 0.3) is 0 Å². The molecule has 2 heterocycles. The molecule has 0 radical (unpaired) electrons. The van der Waals surface area contributed by atoms with Gasteiger partial charge in [0, 0.05) is 18.7 Å². The molecule has 1 atom stereocenters. The van der Waals surface area contributed by atoms with Crippen molar-refractivity contribution in [2.24, 2.45) is 0 Å². The molecule has 2 nitrogen and oxygen atoms in total. The Morgan fingerprint density at radius 1 is 1.54 bits per heavy atom. The van der Waals surface area contributed by atoms with Gasteiger partial charge >= 0.3 is 0 Å². The maximum absolute atomic E-state index is 5.67. The van der Waals surface area contributed by atoms with E-state index in [4.69, 9.17) is 16.3 Å². The number of nitrogens with zero attached hydrogens (tertiary/aromatic N) is 1. The fraction of sp³-hybridized carbons (Fsp3) is 0.500. The van der Waals surface area contributed by atoms with Gasteiger partial charge in [0.05, 0.1) is 11.8 Å². The number of hydrogen-bond donors (Lipinski definition) is 0. The molecule has 0 aliphatic carbocycles. The first kappa shape index (κ1) is 8.97. The first-order valence-electron chi connectivity index (χ1n) is 4.52. The van der Waals surface area contributed by atoms with E-state index in [9.17, 15) is 0 Å². The van der Waals surface area contributed by atoms with Crippen LogP contribution in [0, 0.1) is 0 Å². The van der Waals surface area contributed by atoms with Crippen molar-refractivity contribution in [2.75, 3.05) is 6.61 Å². The molecule has 0 N–H and O–H groups in total. The molecule has 1 aliphatic rings. The fourth-order valence-electron chi connectivity index (χ4n) is 1.52. The van der Waals surface area contributed by atoms with Crippen LogP contribution in [0.15, 0.2) is 18.3 Å². The Bertz CT molecular complexity index is 267. The van der Waals surface area contributed by atoms with Crippen LogP contribution in [0.5, 0.6) is 0 Å². The minimum atomic E-state index is 0.212. The zero-order valence-corrected chi connectivity index (χ0v) is 8.13. The minimum absolute atomic E-state index is 0.212. The molecule has 13 heavy (non-hydrogen) atoms. The van der Waals surface area contributed by atoms with Gasteiger partial charge in [-0.15, -0.1) is 11.6 Å². The molecule has 0 amide bonds. The molecule has 3 heteroatoms. The smallest absolute Gasteiger partial charge is 0.0995 e. The lowest BCUT2D eigenvalue weighted by Gasteiger charge is -2.08. The van der Waals surface area contributed by atoms with E-state index >= 15 is 0 Å². The summed E-state index contributed by atoms with van der Waals surface area (Å²) in [6.45, 7) is 0.865. The summed E-state index contributed by atoms with van der Waals surface area (Å²) in [6.07, 6.45) is 4.27. The normalized spacial score (nSPS) is 22.1. The van der Waals surface area contributed by atoms with Crippen molar-refractivity contribution in [3.05, 3.63) is 29.6 Å². The van der Waals surface area contributed by atoms with Crippen molar-refractivity contribution >= 4 is 11.6 Å². The Morgan fingerprint density at radius 2 is 2.46 bits per heavy atom. The van der Waals surface area contributed by atoms with Crippen LogP contribution in [0.3, 0.4) is 0 Å². The summed E-state index contributed by atoms with van der Waals surface area (Å²) >= 11 is 5.67. The number of aromatic nitrogens is 1. The number of hydrogen-bond acceptors (Lipinski definition) is 2. The second kappa shape index (κ2) is 4.07. The van der Waals surface area contributed by atoms with E-state index in [0.29, 0.717) is 5.88 Å². The average Bonchev–Trinajstić information content (AvgIpc) is 2.71. The zero-order chi connectivity index (χ0) is 9.10. The molecule has 0 aromatic carbocycles. The lowest BCUT2D eigenvalue weighted by atomic mass is 10.1. The van der Waals surface area contributed by atoms with Gasteiger partial charge in [0.15, 0.2) is 0 Å². The predicted octanol–water partition coefficient (Wildman–Crippen LogP) is 2.67. The van der Waals surface area contributed by atoms with Crippen LogP contribution in [0.2, 0.25) is 0 Å². The van der Waals surface area contributed by atoms with Crippen LogP contribution in [0.1, 0.15) is 30.2 Å². The summed E-state index contributed by atoms with van der Waals surface area (Å²) in [7, 11) is 0. The maximum Gasteiger partial charge on any atom is 0.0995 e. The van der Waals surface area contributed by atoms with Crippen molar-refractivity contribution in [2.45, 2.75) is 24.8 Å². The Kier molecular flexibility index (Phi) is 2.81. The highest BCUT2D eigenvalue weighted by Crippen LogP contribution is 2.26. The maximum atomic E-state index is 5.67.